The molecule has 0 aromatic carbocycles. The minimum atomic E-state index is -5.21. The zero-order valence-electron chi connectivity index (χ0n) is 7.14. The number of carbonyl (C=O) groups excluding carboxylic acids is 1. The van der Waals surface area contributed by atoms with E-state index in [1.807, 2.05) is 0 Å². The number of nitrogens with two attached hydrogens (primary N) is 1. The van der Waals surface area contributed by atoms with E-state index in [2.05, 4.69) is 4.52 Å². The molecule has 0 amide bonds. The Morgan fingerprint density at radius 1 is 1.50 bits per heavy atom. The molecule has 0 aliphatic carbocycles. The summed E-state index contributed by atoms with van der Waals surface area (Å²) in [5.41, 5.74) is 4.87. The predicted molar refractivity (Wildman–Crippen MR) is 27.3 cm³/mol. The van der Waals surface area contributed by atoms with Crippen molar-refractivity contribution in [2.45, 2.75) is 13.0 Å². The second-order valence-electron chi connectivity index (χ2n) is 1.65. The molecular formula is C3H6NNa2O5P. The van der Waals surface area contributed by atoms with Crippen LogP contribution < -0.4 is 74.6 Å². The number of phosphoric acid groups is 1. The Balaban J connectivity index is -0.000000405. The Morgan fingerprint density at radius 2 is 1.83 bits per heavy atom. The first-order valence-electron chi connectivity index (χ1n) is 2.34. The van der Waals surface area contributed by atoms with Gasteiger partial charge in [-0.05, 0) is 6.92 Å². The smallest absolute Gasteiger partial charge is 0.780 e. The molecular weight excluding hydrogens is 207 g/mol. The van der Waals surface area contributed by atoms with Crippen LogP contribution in [0.25, 0.3) is 0 Å². The van der Waals surface area contributed by atoms with Crippen LogP contribution in [0.4, 0.5) is 0 Å². The van der Waals surface area contributed by atoms with Gasteiger partial charge in [0.2, 0.25) is 0 Å². The monoisotopic (exact) mass is 213 g/mol. The molecule has 60 valence electrons. The third kappa shape index (κ3) is 11.6. The fraction of sp³-hybridized carbons (Fsp3) is 0.667. The van der Waals surface area contributed by atoms with Gasteiger partial charge in [-0.15, -0.1) is 0 Å². The molecule has 0 saturated carbocycles. The van der Waals surface area contributed by atoms with Crippen LogP contribution in [-0.2, 0) is 13.9 Å². The van der Waals surface area contributed by atoms with Gasteiger partial charge in [-0.3, -0.25) is 4.79 Å². The van der Waals surface area contributed by atoms with E-state index in [9.17, 15) is 19.1 Å². The molecule has 0 aliphatic heterocycles. The average molecular weight is 213 g/mol. The fourth-order valence-corrected chi connectivity index (χ4v) is 0.580. The Labute approximate surface area is 114 Å². The second kappa shape index (κ2) is 7.94. The quantitative estimate of drug-likeness (QED) is 0.359. The van der Waals surface area contributed by atoms with Gasteiger partial charge in [0, 0.05) is 0 Å². The minimum absolute atomic E-state index is 0. The molecule has 2 N–H and O–H groups in total. The third-order valence-electron chi connectivity index (χ3n) is 0.574. The Hall–Kier alpha value is 1.58. The van der Waals surface area contributed by atoms with E-state index in [4.69, 9.17) is 5.73 Å². The van der Waals surface area contributed by atoms with Gasteiger partial charge in [-0.2, -0.15) is 0 Å². The van der Waals surface area contributed by atoms with Crippen molar-refractivity contribution in [3.05, 3.63) is 0 Å². The molecule has 6 nitrogen and oxygen atoms in total. The van der Waals surface area contributed by atoms with E-state index in [0.717, 1.165) is 0 Å². The molecule has 0 unspecified atom stereocenters. The largest absolute Gasteiger partial charge is 1.00 e. The van der Waals surface area contributed by atoms with Crippen LogP contribution >= 0.6 is 7.82 Å². The van der Waals surface area contributed by atoms with E-state index in [-0.39, 0.29) is 59.1 Å². The van der Waals surface area contributed by atoms with E-state index < -0.39 is 19.8 Å². The molecule has 0 aliphatic rings. The summed E-state index contributed by atoms with van der Waals surface area (Å²) >= 11 is 0. The summed E-state index contributed by atoms with van der Waals surface area (Å²) in [7, 11) is -5.21. The molecule has 0 radical (unpaired) electrons. The van der Waals surface area contributed by atoms with Crippen LogP contribution in [-0.4, -0.2) is 12.0 Å². The number of carbonyl (C=O) groups is 1. The molecule has 0 spiro atoms. The Bertz CT molecular complexity index is 180. The number of hydrogen-bond acceptors (Lipinski definition) is 6. The van der Waals surface area contributed by atoms with E-state index >= 15 is 0 Å². The van der Waals surface area contributed by atoms with Gasteiger partial charge in [0.15, 0.2) is 0 Å². The second-order valence-corrected chi connectivity index (χ2v) is 2.72. The summed E-state index contributed by atoms with van der Waals surface area (Å²) in [5.74, 6) is -1.24. The van der Waals surface area contributed by atoms with Gasteiger partial charge in [0.25, 0.3) is 0 Å². The van der Waals surface area contributed by atoms with Crippen LogP contribution in [0.3, 0.4) is 0 Å². The van der Waals surface area contributed by atoms with Crippen molar-refractivity contribution in [2.24, 2.45) is 5.73 Å². The Morgan fingerprint density at radius 3 is 1.92 bits per heavy atom. The first kappa shape index (κ1) is 19.2. The summed E-state index contributed by atoms with van der Waals surface area (Å²) in [4.78, 5) is 29.7. The topological polar surface area (TPSA) is 116 Å². The molecule has 0 bridgehead atoms. The van der Waals surface area contributed by atoms with E-state index in [0.29, 0.717) is 0 Å². The summed E-state index contributed by atoms with van der Waals surface area (Å²) in [5, 5.41) is 0. The van der Waals surface area contributed by atoms with Gasteiger partial charge in [0.1, 0.15) is 13.9 Å². The van der Waals surface area contributed by atoms with Gasteiger partial charge >= 0.3 is 65.1 Å². The third-order valence-corrected chi connectivity index (χ3v) is 0.977. The molecule has 0 aromatic heterocycles. The molecule has 0 heterocycles. The maximum atomic E-state index is 10.2. The molecule has 0 saturated heterocycles. The SMILES string of the molecule is C[C@H](N)C(=O)OP(=O)([O-])[O-].[Na+].[Na+]. The van der Waals surface area contributed by atoms with Gasteiger partial charge in [-0.25, -0.2) is 0 Å². The van der Waals surface area contributed by atoms with Crippen molar-refractivity contribution >= 4 is 13.8 Å². The van der Waals surface area contributed by atoms with Crippen LogP contribution in [0.2, 0.25) is 0 Å². The standard InChI is InChI=1S/C3H8NO5P.2Na/c1-2(4)3(5)9-10(6,7)8;;/h2H,4H2,1H3,(H2,6,7,8);;/q;2*+1/p-2/t2-;;/m0../s1. The van der Waals surface area contributed by atoms with Crippen LogP contribution in [0.1, 0.15) is 6.92 Å². The maximum absolute atomic E-state index is 10.2. The summed E-state index contributed by atoms with van der Waals surface area (Å²) < 4.78 is 13.1. The van der Waals surface area contributed by atoms with Crippen molar-refractivity contribution in [1.82, 2.24) is 0 Å². The molecule has 0 rings (SSSR count). The van der Waals surface area contributed by atoms with Crippen LogP contribution in [0.15, 0.2) is 0 Å². The molecule has 12 heavy (non-hydrogen) atoms. The molecule has 1 atom stereocenters. The first-order chi connectivity index (χ1) is 4.33. The number of phosphoric ester groups is 1. The van der Waals surface area contributed by atoms with Crippen LogP contribution in [0.5, 0.6) is 0 Å². The minimum Gasteiger partial charge on any atom is -0.780 e. The predicted octanol–water partition coefficient (Wildman–Crippen LogP) is -8.29. The molecule has 0 fully saturated rings. The Kier molecular flexibility index (Phi) is 12.7. The zero-order valence-corrected chi connectivity index (χ0v) is 12.0. The number of hydrogen-bond donors (Lipinski definition) is 1. The van der Waals surface area contributed by atoms with E-state index in [1.54, 1.807) is 0 Å². The normalized spacial score (nSPS) is 12.0. The van der Waals surface area contributed by atoms with Gasteiger partial charge in [0.05, 0.1) is 0 Å². The van der Waals surface area contributed by atoms with Crippen molar-refractivity contribution in [2.75, 3.05) is 0 Å². The van der Waals surface area contributed by atoms with Gasteiger partial charge in [-0.1, -0.05) is 0 Å². The number of rotatable bonds is 2. The van der Waals surface area contributed by atoms with Crippen molar-refractivity contribution < 1.29 is 82.8 Å². The summed E-state index contributed by atoms with van der Waals surface area (Å²) in [6.45, 7) is 1.21. The first-order valence-corrected chi connectivity index (χ1v) is 3.80. The van der Waals surface area contributed by atoms with E-state index in [1.165, 1.54) is 6.92 Å². The summed E-state index contributed by atoms with van der Waals surface area (Å²) in [6, 6.07) is -1.10. The zero-order chi connectivity index (χ0) is 8.36. The fourth-order valence-electron chi connectivity index (χ4n) is 0.193. The average Bonchev–Trinajstić information content (AvgIpc) is 1.60. The molecule has 9 heteroatoms. The summed E-state index contributed by atoms with van der Waals surface area (Å²) in [6.07, 6.45) is 0. The van der Waals surface area contributed by atoms with Crippen LogP contribution in [0, 0.1) is 0 Å². The van der Waals surface area contributed by atoms with Crippen molar-refractivity contribution in [3.63, 3.8) is 0 Å². The van der Waals surface area contributed by atoms with Crippen molar-refractivity contribution in [1.29, 1.82) is 0 Å². The van der Waals surface area contributed by atoms with Crippen molar-refractivity contribution in [3.8, 4) is 0 Å². The van der Waals surface area contributed by atoms with Gasteiger partial charge < -0.3 is 24.6 Å². The maximum Gasteiger partial charge on any atom is 1.00 e. The molecule has 0 aromatic rings.